The van der Waals surface area contributed by atoms with Gasteiger partial charge in [-0.2, -0.15) is 5.26 Å². The van der Waals surface area contributed by atoms with Crippen LogP contribution in [0.2, 0.25) is 0 Å². The van der Waals surface area contributed by atoms with Crippen LogP contribution in [0.4, 0.5) is 5.69 Å². The molecule has 0 aliphatic carbocycles. The van der Waals surface area contributed by atoms with Crippen molar-refractivity contribution < 1.29 is 4.74 Å². The molecule has 0 saturated heterocycles. The lowest BCUT2D eigenvalue weighted by Gasteiger charge is -2.09. The van der Waals surface area contributed by atoms with Gasteiger partial charge in [-0.25, -0.2) is 4.98 Å². The first-order valence-corrected chi connectivity index (χ1v) is 5.10. The van der Waals surface area contributed by atoms with Crippen LogP contribution in [0.3, 0.4) is 0 Å². The molecule has 0 amide bonds. The number of ether oxygens (including phenoxy) is 1. The third-order valence-electron chi connectivity index (χ3n) is 2.39. The summed E-state index contributed by atoms with van der Waals surface area (Å²) in [4.78, 5) is 4.05. The van der Waals surface area contributed by atoms with E-state index in [4.69, 9.17) is 15.7 Å². The number of nitrogens with two attached hydrogens (primary N) is 1. The fraction of sp³-hybridized carbons (Fsp3) is 0.0769. The third-order valence-corrected chi connectivity index (χ3v) is 2.39. The van der Waals surface area contributed by atoms with Crippen LogP contribution in [-0.4, -0.2) is 4.98 Å². The Morgan fingerprint density at radius 3 is 2.82 bits per heavy atom. The number of pyridine rings is 1. The Labute approximate surface area is 99.3 Å². The van der Waals surface area contributed by atoms with E-state index in [9.17, 15) is 0 Å². The summed E-state index contributed by atoms with van der Waals surface area (Å²) in [6.45, 7) is 1.88. The second-order valence-corrected chi connectivity index (χ2v) is 3.56. The maximum Gasteiger partial charge on any atom is 0.242 e. The summed E-state index contributed by atoms with van der Waals surface area (Å²) in [5.41, 5.74) is 7.68. The average Bonchev–Trinajstić information content (AvgIpc) is 2.35. The molecule has 0 aliphatic heterocycles. The molecule has 2 N–H and O–H groups in total. The van der Waals surface area contributed by atoms with Crippen molar-refractivity contribution >= 4 is 5.69 Å². The molecule has 0 spiro atoms. The van der Waals surface area contributed by atoms with E-state index in [2.05, 4.69) is 11.1 Å². The van der Waals surface area contributed by atoms with Crippen molar-refractivity contribution in [2.45, 2.75) is 6.92 Å². The fourth-order valence-electron chi connectivity index (χ4n) is 1.38. The number of para-hydroxylation sites is 1. The lowest BCUT2D eigenvalue weighted by Crippen LogP contribution is -1.98. The van der Waals surface area contributed by atoms with Crippen LogP contribution >= 0.6 is 0 Å². The zero-order valence-electron chi connectivity index (χ0n) is 9.34. The number of rotatable bonds is 2. The Bertz CT molecular complexity index is 587. The smallest absolute Gasteiger partial charge is 0.242 e. The van der Waals surface area contributed by atoms with Gasteiger partial charge in [0.15, 0.2) is 0 Å². The minimum atomic E-state index is 0.327. The average molecular weight is 225 g/mol. The normalized spacial score (nSPS) is 9.65. The molecular weight excluding hydrogens is 214 g/mol. The van der Waals surface area contributed by atoms with E-state index in [-0.39, 0.29) is 0 Å². The molecule has 0 fully saturated rings. The Kier molecular flexibility index (Phi) is 2.93. The molecule has 4 nitrogen and oxygen atoms in total. The Morgan fingerprint density at radius 1 is 1.29 bits per heavy atom. The van der Waals surface area contributed by atoms with E-state index < -0.39 is 0 Å². The number of nitriles is 1. The monoisotopic (exact) mass is 225 g/mol. The maximum atomic E-state index is 8.94. The molecule has 0 saturated carbocycles. The quantitative estimate of drug-likeness (QED) is 0.852. The van der Waals surface area contributed by atoms with E-state index in [0.717, 1.165) is 5.56 Å². The van der Waals surface area contributed by atoms with E-state index in [1.807, 2.05) is 6.92 Å². The van der Waals surface area contributed by atoms with Crippen LogP contribution in [0.15, 0.2) is 36.5 Å². The van der Waals surface area contributed by atoms with Gasteiger partial charge >= 0.3 is 0 Å². The molecule has 0 aliphatic rings. The number of aryl methyl sites for hydroxylation is 1. The number of nitrogens with zero attached hydrogens (tertiary/aromatic N) is 2. The number of aromatic nitrogens is 1. The minimum Gasteiger partial charge on any atom is -0.436 e. The number of hydrogen-bond donors (Lipinski definition) is 1. The Hall–Kier alpha value is -2.54. The highest BCUT2D eigenvalue weighted by molar-refractivity contribution is 5.56. The summed E-state index contributed by atoms with van der Waals surface area (Å²) >= 11 is 0. The van der Waals surface area contributed by atoms with Crippen molar-refractivity contribution in [3.63, 3.8) is 0 Å². The van der Waals surface area contributed by atoms with Gasteiger partial charge in [0.05, 0.1) is 11.3 Å². The van der Waals surface area contributed by atoms with Crippen LogP contribution in [0.1, 0.15) is 11.1 Å². The van der Waals surface area contributed by atoms with Gasteiger partial charge in [0.2, 0.25) is 5.88 Å². The minimum absolute atomic E-state index is 0.327. The molecule has 84 valence electrons. The molecule has 1 aromatic heterocycles. The zero-order valence-corrected chi connectivity index (χ0v) is 9.34. The molecule has 1 aromatic carbocycles. The molecule has 0 bridgehead atoms. The van der Waals surface area contributed by atoms with Gasteiger partial charge in [-0.1, -0.05) is 12.1 Å². The molecule has 2 aromatic rings. The standard InChI is InChI=1S/C13H11N3O/c1-9-6-7-16-13(12(9)15)17-11-5-3-2-4-10(11)8-14/h2-7H,15H2,1H3. The largest absolute Gasteiger partial charge is 0.436 e. The zero-order chi connectivity index (χ0) is 12.3. The predicted octanol–water partition coefficient (Wildman–Crippen LogP) is 2.64. The van der Waals surface area contributed by atoms with Gasteiger partial charge in [0.25, 0.3) is 0 Å². The fourth-order valence-corrected chi connectivity index (χ4v) is 1.38. The summed E-state index contributed by atoms with van der Waals surface area (Å²) in [6, 6.07) is 10.8. The van der Waals surface area contributed by atoms with Crippen LogP contribution in [0.5, 0.6) is 11.6 Å². The van der Waals surface area contributed by atoms with Crippen LogP contribution in [0, 0.1) is 18.3 Å². The molecule has 0 radical (unpaired) electrons. The lowest BCUT2D eigenvalue weighted by atomic mass is 10.2. The Balaban J connectivity index is 2.39. The van der Waals surface area contributed by atoms with Gasteiger partial charge in [0, 0.05) is 6.20 Å². The molecule has 17 heavy (non-hydrogen) atoms. The van der Waals surface area contributed by atoms with Gasteiger partial charge in [-0.15, -0.1) is 0 Å². The summed E-state index contributed by atoms with van der Waals surface area (Å²) in [5.74, 6) is 0.785. The second-order valence-electron chi connectivity index (χ2n) is 3.56. The van der Waals surface area contributed by atoms with E-state index >= 15 is 0 Å². The molecule has 2 rings (SSSR count). The van der Waals surface area contributed by atoms with Gasteiger partial charge in [-0.05, 0) is 30.7 Å². The number of anilines is 1. The Morgan fingerprint density at radius 2 is 2.06 bits per heavy atom. The SMILES string of the molecule is Cc1ccnc(Oc2ccccc2C#N)c1N. The van der Waals surface area contributed by atoms with Crippen molar-refractivity contribution in [2.24, 2.45) is 0 Å². The number of hydrogen-bond acceptors (Lipinski definition) is 4. The first kappa shape index (κ1) is 11.0. The highest BCUT2D eigenvalue weighted by atomic mass is 16.5. The number of nitrogen functional groups attached to an aromatic ring is 1. The van der Waals surface area contributed by atoms with Gasteiger partial charge in [-0.3, -0.25) is 0 Å². The predicted molar refractivity (Wildman–Crippen MR) is 64.6 cm³/mol. The van der Waals surface area contributed by atoms with Crippen molar-refractivity contribution in [1.82, 2.24) is 4.98 Å². The first-order chi connectivity index (χ1) is 8.22. The van der Waals surface area contributed by atoms with E-state index in [1.165, 1.54) is 0 Å². The van der Waals surface area contributed by atoms with Crippen molar-refractivity contribution in [3.05, 3.63) is 47.7 Å². The maximum absolute atomic E-state index is 8.94. The lowest BCUT2D eigenvalue weighted by molar-refractivity contribution is 0.464. The van der Waals surface area contributed by atoms with E-state index in [0.29, 0.717) is 22.9 Å². The van der Waals surface area contributed by atoms with Gasteiger partial charge in [0.1, 0.15) is 11.8 Å². The van der Waals surface area contributed by atoms with Crippen molar-refractivity contribution in [3.8, 4) is 17.7 Å². The summed E-state index contributed by atoms with van der Waals surface area (Å²) < 4.78 is 5.55. The van der Waals surface area contributed by atoms with Gasteiger partial charge < -0.3 is 10.5 Å². The first-order valence-electron chi connectivity index (χ1n) is 5.10. The second kappa shape index (κ2) is 4.54. The molecular formula is C13H11N3O. The summed E-state index contributed by atoms with van der Waals surface area (Å²) in [5, 5.41) is 8.94. The topological polar surface area (TPSA) is 71.9 Å². The highest BCUT2D eigenvalue weighted by Crippen LogP contribution is 2.28. The molecule has 1 heterocycles. The van der Waals surface area contributed by atoms with Crippen LogP contribution < -0.4 is 10.5 Å². The van der Waals surface area contributed by atoms with Crippen LogP contribution in [-0.2, 0) is 0 Å². The summed E-state index contributed by atoms with van der Waals surface area (Å²) in [6.07, 6.45) is 1.62. The van der Waals surface area contributed by atoms with Crippen molar-refractivity contribution in [1.29, 1.82) is 5.26 Å². The third kappa shape index (κ3) is 2.18. The van der Waals surface area contributed by atoms with E-state index in [1.54, 1.807) is 36.5 Å². The van der Waals surface area contributed by atoms with Crippen molar-refractivity contribution in [2.75, 3.05) is 5.73 Å². The highest BCUT2D eigenvalue weighted by Gasteiger charge is 2.08. The molecule has 0 unspecified atom stereocenters. The molecule has 0 atom stereocenters. The van der Waals surface area contributed by atoms with Crippen LogP contribution in [0.25, 0.3) is 0 Å². The summed E-state index contributed by atoms with van der Waals surface area (Å²) in [7, 11) is 0. The molecule has 4 heteroatoms. The number of benzene rings is 1.